The molecule has 0 amide bonds. The summed E-state index contributed by atoms with van der Waals surface area (Å²) in [6.45, 7) is 2.17. The van der Waals surface area contributed by atoms with E-state index in [4.69, 9.17) is 14.0 Å². The van der Waals surface area contributed by atoms with Gasteiger partial charge in [0.2, 0.25) is 0 Å². The van der Waals surface area contributed by atoms with Gasteiger partial charge in [-0.25, -0.2) is 0 Å². The van der Waals surface area contributed by atoms with Gasteiger partial charge in [-0.05, 0) is 73.5 Å². The molecule has 0 saturated heterocycles. The predicted octanol–water partition coefficient (Wildman–Crippen LogP) is 5.37. The van der Waals surface area contributed by atoms with Gasteiger partial charge in [-0.3, -0.25) is 0 Å². The largest absolute Gasteiger partial charge is 0.497 e. The summed E-state index contributed by atoms with van der Waals surface area (Å²) in [6, 6.07) is 12.1. The second kappa shape index (κ2) is 6.48. The Labute approximate surface area is 168 Å². The fourth-order valence-corrected chi connectivity index (χ4v) is 5.10. The minimum Gasteiger partial charge on any atom is -0.497 e. The summed E-state index contributed by atoms with van der Waals surface area (Å²) >= 11 is 1.49. The van der Waals surface area contributed by atoms with Crippen molar-refractivity contribution in [3.05, 3.63) is 53.1 Å². The van der Waals surface area contributed by atoms with Crippen LogP contribution in [0.15, 0.2) is 45.8 Å². The molecule has 2 aliphatic carbocycles. The molecule has 2 aromatic carbocycles. The summed E-state index contributed by atoms with van der Waals surface area (Å²) < 4.78 is 20.1. The molecule has 1 aromatic heterocycles. The van der Waals surface area contributed by atoms with Crippen molar-refractivity contribution in [2.45, 2.75) is 36.5 Å². The van der Waals surface area contributed by atoms with Gasteiger partial charge >= 0.3 is 0 Å². The maximum absolute atomic E-state index is 5.82. The number of rotatable bonds is 5. The van der Waals surface area contributed by atoms with Crippen LogP contribution >= 0.6 is 11.9 Å². The third-order valence-corrected chi connectivity index (χ3v) is 6.66. The van der Waals surface area contributed by atoms with Crippen LogP contribution in [0.3, 0.4) is 0 Å². The summed E-state index contributed by atoms with van der Waals surface area (Å²) in [6.07, 6.45) is 3.37. The molecule has 0 radical (unpaired) electrons. The summed E-state index contributed by atoms with van der Waals surface area (Å²) in [7, 11) is 3.38. The molecule has 1 saturated carbocycles. The van der Waals surface area contributed by atoms with E-state index in [0.29, 0.717) is 0 Å². The lowest BCUT2D eigenvalue weighted by molar-refractivity contribution is 0.405. The first-order chi connectivity index (χ1) is 13.6. The maximum Gasteiger partial charge on any atom is 0.183 e. The number of anilines is 1. The number of aromatic nitrogens is 1. The van der Waals surface area contributed by atoms with Gasteiger partial charge in [-0.2, -0.15) is 0 Å². The zero-order valence-electron chi connectivity index (χ0n) is 16.2. The van der Waals surface area contributed by atoms with Gasteiger partial charge in [0.1, 0.15) is 11.5 Å². The van der Waals surface area contributed by atoms with E-state index in [9.17, 15) is 0 Å². The van der Waals surface area contributed by atoms with Gasteiger partial charge in [0.25, 0.3) is 0 Å². The lowest BCUT2D eigenvalue weighted by Crippen LogP contribution is -2.19. The van der Waals surface area contributed by atoms with E-state index >= 15 is 0 Å². The number of hydrogen-bond acceptors (Lipinski definition) is 6. The highest BCUT2D eigenvalue weighted by Gasteiger charge is 2.51. The number of para-hydroxylation sites is 1. The minimum absolute atomic E-state index is 0.218. The standard InChI is InChI=1S/C22H22N2O3S/c1-13-10-14(25-2)11-15-19(13)22(8-9-22)12-16-20(15)27-23-21(16)24-28-18-7-5-4-6-17(18)26-3/h4-7,10-11H,8-9,12H2,1-3H3,(H,23,24). The van der Waals surface area contributed by atoms with Gasteiger partial charge in [-0.1, -0.05) is 17.3 Å². The van der Waals surface area contributed by atoms with E-state index in [2.05, 4.69) is 28.9 Å². The smallest absolute Gasteiger partial charge is 0.183 e. The van der Waals surface area contributed by atoms with Crippen molar-refractivity contribution >= 4 is 17.8 Å². The first kappa shape index (κ1) is 17.5. The average Bonchev–Trinajstić information content (AvgIpc) is 3.36. The fraction of sp³-hybridized carbons (Fsp3) is 0.318. The Balaban J connectivity index is 1.52. The highest BCUT2D eigenvalue weighted by molar-refractivity contribution is 8.00. The second-order valence-electron chi connectivity index (χ2n) is 7.52. The molecule has 1 N–H and O–H groups in total. The van der Waals surface area contributed by atoms with Crippen LogP contribution in [-0.2, 0) is 11.8 Å². The Morgan fingerprint density at radius 3 is 2.71 bits per heavy atom. The molecular weight excluding hydrogens is 372 g/mol. The molecule has 5 rings (SSSR count). The summed E-state index contributed by atoms with van der Waals surface area (Å²) in [5.41, 5.74) is 5.17. The zero-order valence-corrected chi connectivity index (χ0v) is 17.0. The summed E-state index contributed by atoms with van der Waals surface area (Å²) in [5.74, 6) is 3.34. The molecule has 0 unspecified atom stereocenters. The van der Waals surface area contributed by atoms with Crippen molar-refractivity contribution in [3.8, 4) is 22.8 Å². The second-order valence-corrected chi connectivity index (χ2v) is 8.37. The summed E-state index contributed by atoms with van der Waals surface area (Å²) in [4.78, 5) is 1.01. The number of hydrogen-bond donors (Lipinski definition) is 1. The van der Waals surface area contributed by atoms with Crippen LogP contribution in [0.5, 0.6) is 11.5 Å². The molecule has 1 fully saturated rings. The number of benzene rings is 2. The molecular formula is C22H22N2O3S. The third kappa shape index (κ3) is 2.66. The van der Waals surface area contributed by atoms with E-state index in [1.165, 1.54) is 35.9 Å². The first-order valence-corrected chi connectivity index (χ1v) is 10.2. The van der Waals surface area contributed by atoms with Crippen molar-refractivity contribution in [1.82, 2.24) is 5.16 Å². The van der Waals surface area contributed by atoms with Crippen molar-refractivity contribution in [2.24, 2.45) is 0 Å². The number of nitrogens with zero attached hydrogens (tertiary/aromatic N) is 1. The molecule has 1 spiro atoms. The van der Waals surface area contributed by atoms with Crippen LogP contribution in [0.25, 0.3) is 11.3 Å². The van der Waals surface area contributed by atoms with Crippen LogP contribution in [0.2, 0.25) is 0 Å². The molecule has 1 heterocycles. The summed E-state index contributed by atoms with van der Waals surface area (Å²) in [5, 5.41) is 4.36. The van der Waals surface area contributed by atoms with Gasteiger partial charge in [0.15, 0.2) is 11.6 Å². The lowest BCUT2D eigenvalue weighted by Gasteiger charge is -2.27. The predicted molar refractivity (Wildman–Crippen MR) is 110 cm³/mol. The molecule has 0 atom stereocenters. The number of fused-ring (bicyclic) bond motifs is 4. The molecule has 6 heteroatoms. The van der Waals surface area contributed by atoms with Crippen molar-refractivity contribution in [1.29, 1.82) is 0 Å². The van der Waals surface area contributed by atoms with Crippen molar-refractivity contribution in [3.63, 3.8) is 0 Å². The Bertz CT molecular complexity index is 1060. The zero-order chi connectivity index (χ0) is 19.3. The number of aryl methyl sites for hydroxylation is 1. The normalized spacial score (nSPS) is 15.7. The molecule has 28 heavy (non-hydrogen) atoms. The van der Waals surface area contributed by atoms with E-state index in [1.54, 1.807) is 14.2 Å². The monoisotopic (exact) mass is 394 g/mol. The van der Waals surface area contributed by atoms with Gasteiger partial charge in [0.05, 0.1) is 19.1 Å². The maximum atomic E-state index is 5.82. The highest BCUT2D eigenvalue weighted by Crippen LogP contribution is 2.59. The van der Waals surface area contributed by atoms with Crippen LogP contribution in [0.4, 0.5) is 5.82 Å². The van der Waals surface area contributed by atoms with Crippen molar-refractivity contribution in [2.75, 3.05) is 18.9 Å². The molecule has 2 aliphatic rings. The first-order valence-electron chi connectivity index (χ1n) is 9.39. The van der Waals surface area contributed by atoms with E-state index in [-0.39, 0.29) is 5.41 Å². The van der Waals surface area contributed by atoms with E-state index < -0.39 is 0 Å². The number of nitrogens with one attached hydrogen (secondary N) is 1. The van der Waals surface area contributed by atoms with Crippen molar-refractivity contribution < 1.29 is 14.0 Å². The van der Waals surface area contributed by atoms with Gasteiger partial charge in [-0.15, -0.1) is 0 Å². The van der Waals surface area contributed by atoms with Crippen LogP contribution in [-0.4, -0.2) is 19.4 Å². The van der Waals surface area contributed by atoms with Gasteiger partial charge < -0.3 is 18.7 Å². The van der Waals surface area contributed by atoms with Crippen LogP contribution in [0, 0.1) is 6.92 Å². The Kier molecular flexibility index (Phi) is 4.05. The fourth-order valence-electron chi connectivity index (χ4n) is 4.33. The van der Waals surface area contributed by atoms with E-state index in [0.717, 1.165) is 45.5 Å². The van der Waals surface area contributed by atoms with Crippen LogP contribution < -0.4 is 14.2 Å². The van der Waals surface area contributed by atoms with Crippen LogP contribution in [0.1, 0.15) is 29.5 Å². The molecule has 0 aliphatic heterocycles. The molecule has 144 valence electrons. The molecule has 3 aromatic rings. The Morgan fingerprint density at radius 1 is 1.14 bits per heavy atom. The topological polar surface area (TPSA) is 56.5 Å². The van der Waals surface area contributed by atoms with E-state index in [1.807, 2.05) is 24.3 Å². The molecule has 0 bridgehead atoms. The molecule has 5 nitrogen and oxygen atoms in total. The highest BCUT2D eigenvalue weighted by atomic mass is 32.2. The lowest BCUT2D eigenvalue weighted by atomic mass is 9.77. The third-order valence-electron chi connectivity index (χ3n) is 5.80. The van der Waals surface area contributed by atoms with Gasteiger partial charge in [0, 0.05) is 16.5 Å². The number of ether oxygens (including phenoxy) is 2. The SMILES string of the molecule is COc1cc(C)c2c(c1)-c1onc(NSc3ccccc3OC)c1CC21CC1. The Morgan fingerprint density at radius 2 is 1.96 bits per heavy atom. The minimum atomic E-state index is 0.218. The quantitative estimate of drug-likeness (QED) is 0.587. The number of methoxy groups -OCH3 is 2. The average molecular weight is 394 g/mol. The Hall–Kier alpha value is -2.60.